The van der Waals surface area contributed by atoms with E-state index in [0.29, 0.717) is 0 Å². The molecule has 0 N–H and O–H groups in total. The first-order valence-electron chi connectivity index (χ1n) is 16.5. The van der Waals surface area contributed by atoms with E-state index in [4.69, 9.17) is 4.98 Å². The number of aryl methyl sites for hydroxylation is 2. The van der Waals surface area contributed by atoms with E-state index in [1.807, 2.05) is 0 Å². The smallest absolute Gasteiger partial charge is 0.145 e. The van der Waals surface area contributed by atoms with Crippen molar-refractivity contribution in [2.24, 2.45) is 0 Å². The lowest BCUT2D eigenvalue weighted by molar-refractivity contribution is 1.10. The van der Waals surface area contributed by atoms with Crippen LogP contribution in [0, 0.1) is 13.8 Å². The Labute approximate surface area is 280 Å². The molecule has 3 nitrogen and oxygen atoms in total. The quantitative estimate of drug-likeness (QED) is 0.189. The van der Waals surface area contributed by atoms with Gasteiger partial charge in [-0.3, -0.25) is 4.57 Å². The predicted octanol–water partition coefficient (Wildman–Crippen LogP) is 11.7. The van der Waals surface area contributed by atoms with Crippen LogP contribution >= 0.6 is 0 Å². The molecule has 0 radical (unpaired) electrons. The Kier molecular flexibility index (Phi) is 6.58. The van der Waals surface area contributed by atoms with Crippen LogP contribution in [0.3, 0.4) is 0 Å². The summed E-state index contributed by atoms with van der Waals surface area (Å²) in [6, 6.07) is 58.8. The third kappa shape index (κ3) is 4.55. The van der Waals surface area contributed by atoms with E-state index in [1.54, 1.807) is 0 Å². The van der Waals surface area contributed by atoms with Gasteiger partial charge in [-0.2, -0.15) is 0 Å². The summed E-state index contributed by atoms with van der Waals surface area (Å²) in [6.07, 6.45) is 0. The SMILES string of the molecule is Cc1cccc(C)c1-c1cc(-c2ccc(-n3c4ccccc4c4ccccc43)cc2)cc(-c2nc3ccccc3n2-c2ccccc2)c1. The van der Waals surface area contributed by atoms with E-state index < -0.39 is 0 Å². The van der Waals surface area contributed by atoms with Gasteiger partial charge in [0.25, 0.3) is 0 Å². The monoisotopic (exact) mass is 615 g/mol. The molecule has 0 saturated carbocycles. The standard InChI is InChI=1S/C45H33N3/c1-30-13-12-14-31(2)44(30)34-27-33(28-35(29-34)45-46-40-19-8-11-22-43(40)48(45)36-15-4-3-5-16-36)32-23-25-37(26-24-32)47-41-20-9-6-17-38(41)39-18-7-10-21-42(39)47/h3-29H,1-2H3. The van der Waals surface area contributed by atoms with Crippen LogP contribution in [0.2, 0.25) is 0 Å². The van der Waals surface area contributed by atoms with Crippen molar-refractivity contribution >= 4 is 32.8 Å². The van der Waals surface area contributed by atoms with Crippen LogP contribution in [0.5, 0.6) is 0 Å². The maximum atomic E-state index is 5.24. The van der Waals surface area contributed by atoms with Gasteiger partial charge >= 0.3 is 0 Å². The summed E-state index contributed by atoms with van der Waals surface area (Å²) in [5, 5.41) is 2.54. The molecule has 228 valence electrons. The molecule has 3 heteroatoms. The molecular weight excluding hydrogens is 583 g/mol. The molecule has 9 rings (SSSR count). The molecule has 9 aromatic rings. The highest BCUT2D eigenvalue weighted by Crippen LogP contribution is 2.38. The van der Waals surface area contributed by atoms with Gasteiger partial charge in [0.2, 0.25) is 0 Å². The molecule has 0 aliphatic rings. The molecule has 0 amide bonds. The fourth-order valence-corrected chi connectivity index (χ4v) is 7.40. The second kappa shape index (κ2) is 11.3. The molecule has 2 heterocycles. The first-order chi connectivity index (χ1) is 23.6. The molecule has 0 aliphatic heterocycles. The number of benzene rings is 7. The zero-order valence-electron chi connectivity index (χ0n) is 26.9. The Morgan fingerprint density at radius 3 is 1.62 bits per heavy atom. The van der Waals surface area contributed by atoms with E-state index in [-0.39, 0.29) is 0 Å². The number of nitrogens with zero attached hydrogens (tertiary/aromatic N) is 3. The zero-order chi connectivity index (χ0) is 32.2. The molecule has 0 unspecified atom stereocenters. The average Bonchev–Trinajstić information content (AvgIpc) is 3.69. The molecule has 7 aromatic carbocycles. The Balaban J connectivity index is 1.25. The van der Waals surface area contributed by atoms with Crippen molar-refractivity contribution in [2.45, 2.75) is 13.8 Å². The molecule has 0 saturated heterocycles. The van der Waals surface area contributed by atoms with Gasteiger partial charge in [-0.25, -0.2) is 4.98 Å². The number of para-hydroxylation sites is 5. The lowest BCUT2D eigenvalue weighted by Gasteiger charge is -2.16. The Bertz CT molecular complexity index is 2550. The summed E-state index contributed by atoms with van der Waals surface area (Å²) in [5.74, 6) is 0.929. The lowest BCUT2D eigenvalue weighted by atomic mass is 9.91. The first kappa shape index (κ1) is 28.1. The maximum Gasteiger partial charge on any atom is 0.145 e. The third-order valence-corrected chi connectivity index (χ3v) is 9.58. The van der Waals surface area contributed by atoms with Gasteiger partial charge in [0, 0.05) is 27.7 Å². The van der Waals surface area contributed by atoms with Crippen LogP contribution in [-0.4, -0.2) is 14.1 Å². The number of hydrogen-bond donors (Lipinski definition) is 0. The summed E-state index contributed by atoms with van der Waals surface area (Å²) >= 11 is 0. The summed E-state index contributed by atoms with van der Waals surface area (Å²) in [4.78, 5) is 5.24. The van der Waals surface area contributed by atoms with Crippen LogP contribution in [0.4, 0.5) is 0 Å². The van der Waals surface area contributed by atoms with E-state index in [9.17, 15) is 0 Å². The zero-order valence-corrected chi connectivity index (χ0v) is 26.9. The number of fused-ring (bicyclic) bond motifs is 4. The Morgan fingerprint density at radius 2 is 0.938 bits per heavy atom. The van der Waals surface area contributed by atoms with Crippen LogP contribution in [-0.2, 0) is 0 Å². The molecule has 0 spiro atoms. The summed E-state index contributed by atoms with van der Waals surface area (Å²) in [6.45, 7) is 4.41. The molecule has 0 atom stereocenters. The van der Waals surface area contributed by atoms with Crippen LogP contribution in [0.1, 0.15) is 11.1 Å². The van der Waals surface area contributed by atoms with E-state index in [1.165, 1.54) is 44.1 Å². The molecule has 0 aliphatic carbocycles. The lowest BCUT2D eigenvalue weighted by Crippen LogP contribution is -1.98. The second-order valence-corrected chi connectivity index (χ2v) is 12.6. The molecule has 48 heavy (non-hydrogen) atoms. The Hall–Kier alpha value is -6.19. The molecule has 0 fully saturated rings. The maximum absolute atomic E-state index is 5.24. The van der Waals surface area contributed by atoms with E-state index in [2.05, 4.69) is 187 Å². The molecule has 2 aromatic heterocycles. The normalized spacial score (nSPS) is 11.5. The minimum absolute atomic E-state index is 0.929. The van der Waals surface area contributed by atoms with Crippen LogP contribution in [0.15, 0.2) is 164 Å². The highest BCUT2D eigenvalue weighted by atomic mass is 15.1. The number of aromatic nitrogens is 3. The highest BCUT2D eigenvalue weighted by Gasteiger charge is 2.18. The van der Waals surface area contributed by atoms with Gasteiger partial charge in [-0.1, -0.05) is 97.1 Å². The van der Waals surface area contributed by atoms with Crippen molar-refractivity contribution in [3.8, 4) is 45.0 Å². The van der Waals surface area contributed by atoms with Gasteiger partial charge in [0.15, 0.2) is 0 Å². The average molecular weight is 616 g/mol. The largest absolute Gasteiger partial charge is 0.309 e. The van der Waals surface area contributed by atoms with E-state index in [0.717, 1.165) is 44.9 Å². The number of hydrogen-bond acceptors (Lipinski definition) is 1. The van der Waals surface area contributed by atoms with Gasteiger partial charge in [-0.15, -0.1) is 0 Å². The van der Waals surface area contributed by atoms with Crippen LogP contribution < -0.4 is 0 Å². The number of rotatable bonds is 5. The first-order valence-corrected chi connectivity index (χ1v) is 16.5. The molecular formula is C45H33N3. The minimum atomic E-state index is 0.929. The van der Waals surface area contributed by atoms with Crippen molar-refractivity contribution in [3.05, 3.63) is 175 Å². The summed E-state index contributed by atoms with van der Waals surface area (Å²) in [5.41, 5.74) is 15.1. The van der Waals surface area contributed by atoms with E-state index >= 15 is 0 Å². The summed E-state index contributed by atoms with van der Waals surface area (Å²) in [7, 11) is 0. The van der Waals surface area contributed by atoms with Crippen molar-refractivity contribution in [1.29, 1.82) is 0 Å². The fraction of sp³-hybridized carbons (Fsp3) is 0.0444. The fourth-order valence-electron chi connectivity index (χ4n) is 7.40. The van der Waals surface area contributed by atoms with Crippen molar-refractivity contribution in [3.63, 3.8) is 0 Å². The van der Waals surface area contributed by atoms with Gasteiger partial charge < -0.3 is 4.57 Å². The second-order valence-electron chi connectivity index (χ2n) is 12.6. The molecule has 0 bridgehead atoms. The third-order valence-electron chi connectivity index (χ3n) is 9.58. The van der Waals surface area contributed by atoms with Gasteiger partial charge in [-0.05, 0) is 114 Å². The predicted molar refractivity (Wildman–Crippen MR) is 201 cm³/mol. The Morgan fingerprint density at radius 1 is 0.396 bits per heavy atom. The van der Waals surface area contributed by atoms with Gasteiger partial charge in [0.1, 0.15) is 5.82 Å². The van der Waals surface area contributed by atoms with Crippen molar-refractivity contribution in [2.75, 3.05) is 0 Å². The topological polar surface area (TPSA) is 22.8 Å². The van der Waals surface area contributed by atoms with Crippen molar-refractivity contribution in [1.82, 2.24) is 14.1 Å². The highest BCUT2D eigenvalue weighted by molar-refractivity contribution is 6.09. The van der Waals surface area contributed by atoms with Crippen LogP contribution in [0.25, 0.3) is 77.9 Å². The summed E-state index contributed by atoms with van der Waals surface area (Å²) < 4.78 is 4.66. The number of imidazole rings is 1. The van der Waals surface area contributed by atoms with Gasteiger partial charge in [0.05, 0.1) is 22.1 Å². The minimum Gasteiger partial charge on any atom is -0.309 e. The van der Waals surface area contributed by atoms with Crippen molar-refractivity contribution < 1.29 is 0 Å².